The number of aliphatic carboxylic acids is 1. The summed E-state index contributed by atoms with van der Waals surface area (Å²) in [5.74, 6) is -2.55. The SMILES string of the molecule is CC(NC(=O)NCCC(=O)NC1CC1)(C(=O)O)C(F)(F)F. The second-order valence-corrected chi connectivity index (χ2v) is 4.90. The number of carbonyl (C=O) groups excluding carboxylic acids is 2. The van der Waals surface area contributed by atoms with Crippen LogP contribution < -0.4 is 16.0 Å². The van der Waals surface area contributed by atoms with Gasteiger partial charge in [0, 0.05) is 19.0 Å². The Hall–Kier alpha value is -2.00. The van der Waals surface area contributed by atoms with Crippen molar-refractivity contribution in [1.82, 2.24) is 16.0 Å². The van der Waals surface area contributed by atoms with Gasteiger partial charge in [0.25, 0.3) is 0 Å². The number of rotatable bonds is 6. The van der Waals surface area contributed by atoms with E-state index in [0.717, 1.165) is 12.8 Å². The Balaban J connectivity index is 2.40. The van der Waals surface area contributed by atoms with Crippen LogP contribution in [0.3, 0.4) is 0 Å². The molecule has 0 spiro atoms. The van der Waals surface area contributed by atoms with Crippen LogP contribution in [0.2, 0.25) is 0 Å². The summed E-state index contributed by atoms with van der Waals surface area (Å²) in [6, 6.07) is -1.16. The molecule has 0 saturated heterocycles. The summed E-state index contributed by atoms with van der Waals surface area (Å²) in [6.45, 7) is 0.145. The van der Waals surface area contributed by atoms with Gasteiger partial charge in [0.15, 0.2) is 0 Å². The van der Waals surface area contributed by atoms with Crippen LogP contribution in [0.25, 0.3) is 0 Å². The lowest BCUT2D eigenvalue weighted by Gasteiger charge is -2.28. The van der Waals surface area contributed by atoms with E-state index < -0.39 is 23.7 Å². The fourth-order valence-corrected chi connectivity index (χ4v) is 1.33. The fraction of sp³-hybridized carbons (Fsp3) is 0.727. The average molecular weight is 311 g/mol. The maximum atomic E-state index is 12.6. The quantitative estimate of drug-likeness (QED) is 0.568. The molecule has 0 aromatic carbocycles. The Morgan fingerprint density at radius 1 is 1.24 bits per heavy atom. The van der Waals surface area contributed by atoms with E-state index in [1.54, 1.807) is 0 Å². The molecular formula is C11H16F3N3O4. The summed E-state index contributed by atoms with van der Waals surface area (Å²) in [4.78, 5) is 33.3. The van der Waals surface area contributed by atoms with Gasteiger partial charge >= 0.3 is 18.2 Å². The lowest BCUT2D eigenvalue weighted by molar-refractivity contribution is -0.203. The molecule has 1 rings (SSSR count). The van der Waals surface area contributed by atoms with Crippen LogP contribution in [0, 0.1) is 0 Å². The Bertz CT molecular complexity index is 437. The maximum absolute atomic E-state index is 12.6. The van der Waals surface area contributed by atoms with Gasteiger partial charge in [0.05, 0.1) is 0 Å². The van der Waals surface area contributed by atoms with Crippen LogP contribution in [0.5, 0.6) is 0 Å². The first-order valence-electron chi connectivity index (χ1n) is 6.22. The zero-order chi connectivity index (χ0) is 16.3. The van der Waals surface area contributed by atoms with E-state index in [4.69, 9.17) is 5.11 Å². The molecule has 0 aromatic rings. The van der Waals surface area contributed by atoms with Gasteiger partial charge in [0.1, 0.15) is 0 Å². The first kappa shape index (κ1) is 17.1. The van der Waals surface area contributed by atoms with Crippen molar-refractivity contribution >= 4 is 17.9 Å². The van der Waals surface area contributed by atoms with Crippen LogP contribution in [0.15, 0.2) is 0 Å². The highest BCUT2D eigenvalue weighted by Crippen LogP contribution is 2.30. The van der Waals surface area contributed by atoms with Gasteiger partial charge in [-0.3, -0.25) is 4.79 Å². The van der Waals surface area contributed by atoms with Crippen molar-refractivity contribution in [3.63, 3.8) is 0 Å². The molecule has 1 aliphatic carbocycles. The van der Waals surface area contributed by atoms with Gasteiger partial charge in [-0.25, -0.2) is 9.59 Å². The zero-order valence-electron chi connectivity index (χ0n) is 11.2. The summed E-state index contributed by atoms with van der Waals surface area (Å²) >= 11 is 0. The monoisotopic (exact) mass is 311 g/mol. The largest absolute Gasteiger partial charge is 0.479 e. The number of hydrogen-bond donors (Lipinski definition) is 4. The Labute approximate surface area is 118 Å². The minimum atomic E-state index is -5.15. The molecule has 0 bridgehead atoms. The molecule has 1 fully saturated rings. The molecule has 0 aromatic heterocycles. The second-order valence-electron chi connectivity index (χ2n) is 4.90. The second kappa shape index (κ2) is 6.19. The van der Waals surface area contributed by atoms with Gasteiger partial charge in [-0.1, -0.05) is 0 Å². The summed E-state index contributed by atoms with van der Waals surface area (Å²) in [7, 11) is 0. The topological polar surface area (TPSA) is 108 Å². The molecule has 3 amide bonds. The van der Waals surface area contributed by atoms with E-state index in [1.165, 1.54) is 5.32 Å². The Morgan fingerprint density at radius 2 is 1.81 bits per heavy atom. The number of urea groups is 1. The third-order valence-corrected chi connectivity index (χ3v) is 2.94. The van der Waals surface area contributed by atoms with Crippen molar-refractivity contribution in [2.45, 2.75) is 43.9 Å². The van der Waals surface area contributed by atoms with E-state index in [-0.39, 0.29) is 24.9 Å². The summed E-state index contributed by atoms with van der Waals surface area (Å²) < 4.78 is 37.9. The van der Waals surface area contributed by atoms with Crippen LogP contribution >= 0.6 is 0 Å². The van der Waals surface area contributed by atoms with Crippen molar-refractivity contribution in [1.29, 1.82) is 0 Å². The van der Waals surface area contributed by atoms with Gasteiger partial charge in [-0.05, 0) is 19.8 Å². The number of amides is 3. The minimum Gasteiger partial charge on any atom is -0.479 e. The molecule has 0 heterocycles. The third kappa shape index (κ3) is 4.80. The predicted octanol–water partition coefficient (Wildman–Crippen LogP) is 0.360. The van der Waals surface area contributed by atoms with Crippen molar-refractivity contribution in [2.75, 3.05) is 6.54 Å². The van der Waals surface area contributed by atoms with Gasteiger partial charge in [-0.2, -0.15) is 13.2 Å². The zero-order valence-corrected chi connectivity index (χ0v) is 11.2. The normalized spacial score (nSPS) is 17.5. The molecule has 4 N–H and O–H groups in total. The van der Waals surface area contributed by atoms with Crippen LogP contribution in [0.1, 0.15) is 26.2 Å². The molecule has 1 unspecified atom stereocenters. The predicted molar refractivity (Wildman–Crippen MR) is 64.4 cm³/mol. The average Bonchev–Trinajstić information content (AvgIpc) is 3.10. The molecule has 0 radical (unpaired) electrons. The third-order valence-electron chi connectivity index (χ3n) is 2.94. The lowest BCUT2D eigenvalue weighted by atomic mass is 10.0. The van der Waals surface area contributed by atoms with Gasteiger partial charge in [0.2, 0.25) is 11.4 Å². The van der Waals surface area contributed by atoms with Crippen LogP contribution in [0.4, 0.5) is 18.0 Å². The summed E-state index contributed by atoms with van der Waals surface area (Å²) in [5, 5.41) is 14.6. The number of hydrogen-bond acceptors (Lipinski definition) is 3. The van der Waals surface area contributed by atoms with Crippen LogP contribution in [-0.2, 0) is 9.59 Å². The maximum Gasteiger partial charge on any atom is 0.422 e. The van der Waals surface area contributed by atoms with E-state index in [2.05, 4.69) is 5.32 Å². The van der Waals surface area contributed by atoms with Crippen LogP contribution in [-0.4, -0.2) is 47.3 Å². The van der Waals surface area contributed by atoms with E-state index in [1.807, 2.05) is 5.32 Å². The molecule has 1 aliphatic rings. The molecule has 10 heteroatoms. The Morgan fingerprint density at radius 3 is 2.24 bits per heavy atom. The molecule has 0 aliphatic heterocycles. The number of carbonyl (C=O) groups is 3. The summed E-state index contributed by atoms with van der Waals surface area (Å²) in [5.41, 5.74) is -3.40. The first-order chi connectivity index (χ1) is 9.56. The molecule has 21 heavy (non-hydrogen) atoms. The van der Waals surface area contributed by atoms with Crippen molar-refractivity contribution in [3.8, 4) is 0 Å². The number of nitrogens with one attached hydrogen (secondary N) is 3. The Kier molecular flexibility index (Phi) is 5.02. The number of carboxylic acids is 1. The standard InChI is InChI=1S/C11H16F3N3O4/c1-10(8(19)20,11(12,13)14)17-9(21)15-5-4-7(18)16-6-2-3-6/h6H,2-5H2,1H3,(H,16,18)(H,19,20)(H2,15,17,21). The van der Waals surface area contributed by atoms with E-state index >= 15 is 0 Å². The van der Waals surface area contributed by atoms with Crippen molar-refractivity contribution < 1.29 is 32.7 Å². The molecule has 120 valence electrons. The smallest absolute Gasteiger partial charge is 0.422 e. The van der Waals surface area contributed by atoms with Crippen molar-refractivity contribution in [3.05, 3.63) is 0 Å². The fourth-order valence-electron chi connectivity index (χ4n) is 1.33. The highest BCUT2D eigenvalue weighted by molar-refractivity contribution is 5.87. The molecule has 1 atom stereocenters. The first-order valence-corrected chi connectivity index (χ1v) is 6.22. The number of halogens is 3. The van der Waals surface area contributed by atoms with Gasteiger partial charge in [-0.15, -0.1) is 0 Å². The van der Waals surface area contributed by atoms with Gasteiger partial charge < -0.3 is 21.1 Å². The summed E-state index contributed by atoms with van der Waals surface area (Å²) in [6.07, 6.45) is -3.47. The molecule has 7 nitrogen and oxygen atoms in total. The molecule has 1 saturated carbocycles. The highest BCUT2D eigenvalue weighted by Gasteiger charge is 2.58. The van der Waals surface area contributed by atoms with E-state index in [0.29, 0.717) is 6.92 Å². The number of carboxylic acid groups (broad SMARTS) is 1. The number of alkyl halides is 3. The van der Waals surface area contributed by atoms with E-state index in [9.17, 15) is 27.6 Å². The molecular weight excluding hydrogens is 295 g/mol. The lowest BCUT2D eigenvalue weighted by Crippen LogP contribution is -2.63. The van der Waals surface area contributed by atoms with Crippen molar-refractivity contribution in [2.24, 2.45) is 0 Å². The highest BCUT2D eigenvalue weighted by atomic mass is 19.4. The minimum absolute atomic E-state index is 0.0975.